The van der Waals surface area contributed by atoms with Crippen LogP contribution in [0.1, 0.15) is 48.9 Å². The average Bonchev–Trinajstić information content (AvgIpc) is 3.05. The molecular weight excluding hydrogens is 756 g/mol. The summed E-state index contributed by atoms with van der Waals surface area (Å²) in [6.07, 6.45) is -7.40. The van der Waals surface area contributed by atoms with E-state index in [2.05, 4.69) is 0 Å². The number of alkyl halides is 6. The Balaban J connectivity index is 1.20. The molecule has 4 N–H and O–H groups in total. The van der Waals surface area contributed by atoms with Crippen molar-refractivity contribution in [1.29, 1.82) is 0 Å². The summed E-state index contributed by atoms with van der Waals surface area (Å²) in [5.41, 5.74) is 10.7. The van der Waals surface area contributed by atoms with Crippen molar-refractivity contribution in [2.75, 3.05) is 13.2 Å². The van der Waals surface area contributed by atoms with E-state index in [0.717, 1.165) is 35.4 Å². The molecule has 52 heavy (non-hydrogen) atoms. The molecule has 0 aliphatic carbocycles. The maximum Gasteiger partial charge on any atom is 0.416 e. The Morgan fingerprint density at radius 1 is 0.596 bits per heavy atom. The van der Waals surface area contributed by atoms with E-state index >= 15 is 0 Å². The van der Waals surface area contributed by atoms with E-state index in [9.17, 15) is 30.9 Å². The predicted molar refractivity (Wildman–Crippen MR) is 189 cm³/mol. The molecule has 0 aromatic heterocycles. The van der Waals surface area contributed by atoms with Crippen LogP contribution in [0.3, 0.4) is 0 Å². The van der Waals surface area contributed by atoms with Gasteiger partial charge in [0.15, 0.2) is 0 Å². The van der Waals surface area contributed by atoms with Crippen LogP contribution in [0.4, 0.5) is 26.3 Å². The fraction of sp³-hybridized carbons (Fsp3) is 0.333. The molecule has 4 aromatic carbocycles. The van der Waals surface area contributed by atoms with Crippen LogP contribution in [0, 0.1) is 0 Å². The lowest BCUT2D eigenvalue weighted by Crippen LogP contribution is -2.42. The van der Waals surface area contributed by atoms with Crippen LogP contribution in [-0.2, 0) is 38.8 Å². The summed E-state index contributed by atoms with van der Waals surface area (Å²) in [6, 6.07) is 18.6. The summed E-state index contributed by atoms with van der Waals surface area (Å²) in [5, 5.41) is 0.669. The summed E-state index contributed by atoms with van der Waals surface area (Å²) in [5.74, 6) is 0.552. The van der Waals surface area contributed by atoms with Gasteiger partial charge < -0.3 is 30.0 Å². The fourth-order valence-corrected chi connectivity index (χ4v) is 6.32. The van der Waals surface area contributed by atoms with Gasteiger partial charge in [0.1, 0.15) is 23.0 Å². The standard InChI is InChI=1S/C36H37Cl2F6N2O5P/c1-33(45,15-13-23-9-11-29(19-31(23)37)50-27-7-3-5-25(17-27)35(39,40)41)21-48-52(47)49-22-34(2,46)16-14-24-10-12-30(20-32(24)38)51-28-8-4-6-26(18-28)36(42,43)44/h3-12,17-20,52H,13-16,21-22,45-46H2,1-2H3/t33-,34-/m1/s1. The first-order valence-corrected chi connectivity index (χ1v) is 17.8. The summed E-state index contributed by atoms with van der Waals surface area (Å²) >= 11 is 12.8. The number of ether oxygens (including phenoxy) is 2. The lowest BCUT2D eigenvalue weighted by Gasteiger charge is -2.26. The molecule has 0 bridgehead atoms. The molecule has 0 saturated heterocycles. The van der Waals surface area contributed by atoms with E-state index in [4.69, 9.17) is 53.2 Å². The number of aryl methyl sites for hydroxylation is 2. The van der Waals surface area contributed by atoms with Crippen LogP contribution in [0.2, 0.25) is 10.0 Å². The minimum atomic E-state index is -4.50. The second-order valence-electron chi connectivity index (χ2n) is 12.9. The maximum atomic E-state index is 13.0. The van der Waals surface area contributed by atoms with Crippen molar-refractivity contribution >= 4 is 31.5 Å². The number of halogens is 8. The van der Waals surface area contributed by atoms with Crippen LogP contribution in [0.15, 0.2) is 84.9 Å². The van der Waals surface area contributed by atoms with Crippen LogP contribution >= 0.6 is 31.5 Å². The molecule has 0 heterocycles. The maximum absolute atomic E-state index is 13.0. The second-order valence-corrected chi connectivity index (χ2v) is 14.8. The summed E-state index contributed by atoms with van der Waals surface area (Å²) in [6.45, 7) is 3.25. The van der Waals surface area contributed by atoms with Crippen LogP contribution in [0.5, 0.6) is 23.0 Å². The van der Waals surface area contributed by atoms with Crippen molar-refractivity contribution in [3.8, 4) is 23.0 Å². The molecule has 0 amide bonds. The van der Waals surface area contributed by atoms with E-state index in [-0.39, 0.29) is 36.2 Å². The van der Waals surface area contributed by atoms with Crippen LogP contribution in [0.25, 0.3) is 0 Å². The van der Waals surface area contributed by atoms with Crippen molar-refractivity contribution in [3.63, 3.8) is 0 Å². The van der Waals surface area contributed by atoms with E-state index < -0.39 is 42.8 Å². The van der Waals surface area contributed by atoms with Gasteiger partial charge in [0.05, 0.1) is 24.3 Å². The quantitative estimate of drug-likeness (QED) is 0.0859. The first-order chi connectivity index (χ1) is 24.2. The number of benzene rings is 4. The van der Waals surface area contributed by atoms with E-state index in [1.807, 2.05) is 0 Å². The van der Waals surface area contributed by atoms with Gasteiger partial charge in [0.2, 0.25) is 0 Å². The lowest BCUT2D eigenvalue weighted by atomic mass is 9.95. The third-order valence-corrected chi connectivity index (χ3v) is 9.28. The molecule has 2 atom stereocenters. The molecule has 0 spiro atoms. The molecule has 0 radical (unpaired) electrons. The van der Waals surface area contributed by atoms with E-state index in [0.29, 0.717) is 35.7 Å². The second kappa shape index (κ2) is 17.2. The molecule has 0 aliphatic rings. The Bertz CT molecular complexity index is 1730. The monoisotopic (exact) mass is 792 g/mol. The Labute approximate surface area is 308 Å². The fourth-order valence-electron chi connectivity index (χ4n) is 4.81. The summed E-state index contributed by atoms with van der Waals surface area (Å²) in [7, 11) is -2.97. The first kappa shape index (κ1) is 41.5. The molecule has 282 valence electrons. The predicted octanol–water partition coefficient (Wildman–Crippen LogP) is 11.0. The van der Waals surface area contributed by atoms with Crippen LogP contribution < -0.4 is 20.9 Å². The highest BCUT2D eigenvalue weighted by atomic mass is 35.5. The number of hydrogen-bond acceptors (Lipinski definition) is 7. The molecular formula is C36H37Cl2F6N2O5P. The minimum absolute atomic E-state index is 0.0141. The van der Waals surface area contributed by atoms with Gasteiger partial charge in [-0.05, 0) is 111 Å². The van der Waals surface area contributed by atoms with E-state index in [1.54, 1.807) is 38.1 Å². The van der Waals surface area contributed by atoms with Gasteiger partial charge in [-0.15, -0.1) is 0 Å². The smallest absolute Gasteiger partial charge is 0.416 e. The molecule has 0 fully saturated rings. The Kier molecular flexibility index (Phi) is 13.7. The van der Waals surface area contributed by atoms with Gasteiger partial charge in [0.25, 0.3) is 0 Å². The van der Waals surface area contributed by atoms with Gasteiger partial charge in [-0.25, -0.2) is 0 Å². The molecule has 4 rings (SSSR count). The molecule has 4 aromatic rings. The Morgan fingerprint density at radius 3 is 1.31 bits per heavy atom. The van der Waals surface area contributed by atoms with Gasteiger partial charge in [0, 0.05) is 21.1 Å². The first-order valence-electron chi connectivity index (χ1n) is 15.8. The zero-order valence-corrected chi connectivity index (χ0v) is 30.6. The van der Waals surface area contributed by atoms with Gasteiger partial charge in [-0.2, -0.15) is 26.3 Å². The SMILES string of the molecule is C[C@@](N)(CCc1ccc(Oc2cccc(C(F)(F)F)c2)cc1Cl)CO[PH](=O)OC[C@](C)(N)CCc1ccc(Oc2cccc(C(F)(F)F)c2)cc1Cl. The van der Waals surface area contributed by atoms with Gasteiger partial charge >= 0.3 is 20.6 Å². The van der Waals surface area contributed by atoms with Crippen molar-refractivity contribution in [2.24, 2.45) is 11.5 Å². The number of nitrogens with two attached hydrogens (primary N) is 2. The van der Waals surface area contributed by atoms with E-state index in [1.165, 1.54) is 36.4 Å². The third kappa shape index (κ3) is 13.0. The Morgan fingerprint density at radius 2 is 0.962 bits per heavy atom. The summed E-state index contributed by atoms with van der Waals surface area (Å²) in [4.78, 5) is 0. The zero-order chi connectivity index (χ0) is 38.3. The molecule has 16 heteroatoms. The summed E-state index contributed by atoms with van der Waals surface area (Å²) < 4.78 is 113. The van der Waals surface area contributed by atoms with Crippen molar-refractivity contribution < 1.29 is 49.4 Å². The third-order valence-electron chi connectivity index (χ3n) is 7.81. The lowest BCUT2D eigenvalue weighted by molar-refractivity contribution is -0.138. The van der Waals surface area contributed by atoms with Crippen molar-refractivity contribution in [2.45, 2.75) is 63.0 Å². The zero-order valence-electron chi connectivity index (χ0n) is 28.0. The average molecular weight is 794 g/mol. The van der Waals surface area contributed by atoms with Gasteiger partial charge in [-0.1, -0.05) is 47.5 Å². The topological polar surface area (TPSA) is 106 Å². The number of rotatable bonds is 16. The Hall–Kier alpha value is -3.29. The highest BCUT2D eigenvalue weighted by Crippen LogP contribution is 2.36. The van der Waals surface area contributed by atoms with Gasteiger partial charge in [-0.3, -0.25) is 4.57 Å². The normalized spacial score (nSPS) is 14.6. The largest absolute Gasteiger partial charge is 0.457 e. The van der Waals surface area contributed by atoms with Crippen LogP contribution in [-0.4, -0.2) is 24.3 Å². The molecule has 7 nitrogen and oxygen atoms in total. The molecule has 0 saturated carbocycles. The van der Waals surface area contributed by atoms with Crippen molar-refractivity contribution in [1.82, 2.24) is 0 Å². The highest BCUT2D eigenvalue weighted by Gasteiger charge is 2.31. The highest BCUT2D eigenvalue weighted by molar-refractivity contribution is 7.33. The number of hydrogen-bond donors (Lipinski definition) is 2. The minimum Gasteiger partial charge on any atom is -0.457 e. The molecule has 0 unspecified atom stereocenters. The molecule has 0 aliphatic heterocycles. The van der Waals surface area contributed by atoms with Crippen molar-refractivity contribution in [3.05, 3.63) is 117 Å².